The fourth-order valence-corrected chi connectivity index (χ4v) is 5.55. The first-order valence-electron chi connectivity index (χ1n) is 12.0. The third-order valence-electron chi connectivity index (χ3n) is 6.06. The molecule has 3 aromatic rings. The lowest BCUT2D eigenvalue weighted by atomic mass is 9.99. The molecule has 198 valence electrons. The van der Waals surface area contributed by atoms with E-state index in [0.29, 0.717) is 37.2 Å². The highest BCUT2D eigenvalue weighted by Crippen LogP contribution is 2.39. The largest absolute Gasteiger partial charge is 0.378 e. The van der Waals surface area contributed by atoms with E-state index >= 15 is 0 Å². The number of halogens is 2. The molecule has 0 aliphatic carbocycles. The summed E-state index contributed by atoms with van der Waals surface area (Å²) in [6, 6.07) is 6.98. The number of rotatable bonds is 11. The fourth-order valence-electron chi connectivity index (χ4n) is 4.07. The second-order valence-electron chi connectivity index (χ2n) is 8.60. The van der Waals surface area contributed by atoms with Gasteiger partial charge in [0, 0.05) is 39.3 Å². The van der Waals surface area contributed by atoms with Crippen LogP contribution >= 0.6 is 34.7 Å². The van der Waals surface area contributed by atoms with Crippen molar-refractivity contribution >= 4 is 46.3 Å². The van der Waals surface area contributed by atoms with Crippen molar-refractivity contribution in [2.45, 2.75) is 33.2 Å². The lowest BCUT2D eigenvalue weighted by Crippen LogP contribution is -2.27. The van der Waals surface area contributed by atoms with Gasteiger partial charge in [-0.25, -0.2) is 0 Å². The lowest BCUT2D eigenvalue weighted by molar-refractivity contribution is -0.127. The normalized spacial score (nSPS) is 14.6. The summed E-state index contributed by atoms with van der Waals surface area (Å²) < 4.78 is 13.9. The zero-order chi connectivity index (χ0) is 26.5. The van der Waals surface area contributed by atoms with Gasteiger partial charge in [-0.05, 0) is 38.5 Å². The summed E-state index contributed by atoms with van der Waals surface area (Å²) in [7, 11) is 0. The number of aryl methyl sites for hydroxylation is 2. The number of amides is 1. The number of carbonyl (C=O) groups excluding carboxylic acids is 1. The average Bonchev–Trinajstić information content (AvgIpc) is 3.35. The molecule has 1 aliphatic heterocycles. The zero-order valence-corrected chi connectivity index (χ0v) is 23.4. The molecule has 0 bridgehead atoms. The average molecular weight is 566 g/mol. The Hall–Kier alpha value is -2.34. The Balaban J connectivity index is 1.59. The van der Waals surface area contributed by atoms with Gasteiger partial charge >= 0.3 is 0 Å². The van der Waals surface area contributed by atoms with Gasteiger partial charge in [-0.15, -0.1) is 21.5 Å². The van der Waals surface area contributed by atoms with Gasteiger partial charge in [0.2, 0.25) is 5.91 Å². The summed E-state index contributed by atoms with van der Waals surface area (Å²) in [5.41, 5.74) is 9.23. The minimum atomic E-state index is -0.578. The molecule has 4 rings (SSSR count). The Labute approximate surface area is 230 Å². The lowest BCUT2D eigenvalue weighted by Gasteiger charge is -2.17. The van der Waals surface area contributed by atoms with E-state index in [9.17, 15) is 4.79 Å². The molecule has 12 heteroatoms. The summed E-state index contributed by atoms with van der Waals surface area (Å²) in [5.74, 6) is 1.06. The molecule has 0 saturated heterocycles. The summed E-state index contributed by atoms with van der Waals surface area (Å²) >= 11 is 14.1. The van der Waals surface area contributed by atoms with Crippen molar-refractivity contribution in [1.82, 2.24) is 19.2 Å². The summed E-state index contributed by atoms with van der Waals surface area (Å²) in [6.07, 6.45) is 0.0330. The number of aliphatic imine (C=N–C) groups is 1. The molecule has 1 aromatic carbocycles. The van der Waals surface area contributed by atoms with Crippen molar-refractivity contribution in [2.24, 2.45) is 10.7 Å². The Morgan fingerprint density at radius 2 is 1.81 bits per heavy atom. The Kier molecular flexibility index (Phi) is 9.33. The first-order chi connectivity index (χ1) is 17.8. The monoisotopic (exact) mass is 564 g/mol. The van der Waals surface area contributed by atoms with E-state index in [0.717, 1.165) is 37.6 Å². The molecule has 0 unspecified atom stereocenters. The molecule has 3 heterocycles. The van der Waals surface area contributed by atoms with Gasteiger partial charge in [-0.2, -0.15) is 0 Å². The van der Waals surface area contributed by atoms with Gasteiger partial charge in [0.05, 0.1) is 45.1 Å². The van der Waals surface area contributed by atoms with Crippen LogP contribution in [0.4, 0.5) is 0 Å². The van der Waals surface area contributed by atoms with E-state index in [2.05, 4.69) is 24.0 Å². The molecule has 2 N–H and O–H groups in total. The van der Waals surface area contributed by atoms with Gasteiger partial charge in [0.15, 0.2) is 5.82 Å². The van der Waals surface area contributed by atoms with Gasteiger partial charge in [-0.1, -0.05) is 23.7 Å². The molecule has 9 nitrogen and oxygen atoms in total. The second-order valence-corrected chi connectivity index (χ2v) is 10.6. The summed E-state index contributed by atoms with van der Waals surface area (Å²) in [4.78, 5) is 19.4. The summed E-state index contributed by atoms with van der Waals surface area (Å²) in [5, 5.41) is 10.4. The van der Waals surface area contributed by atoms with Crippen LogP contribution in [0.15, 0.2) is 29.3 Å². The third kappa shape index (κ3) is 6.22. The molecule has 0 spiro atoms. The Morgan fingerprint density at radius 1 is 1.11 bits per heavy atom. The van der Waals surface area contributed by atoms with E-state index in [1.807, 2.05) is 35.8 Å². The number of aromatic nitrogens is 3. The van der Waals surface area contributed by atoms with Gasteiger partial charge in [0.1, 0.15) is 16.9 Å². The van der Waals surface area contributed by atoms with Gasteiger partial charge in [0.25, 0.3) is 0 Å². The fraction of sp³-hybridized carbons (Fsp3) is 0.440. The predicted molar refractivity (Wildman–Crippen MR) is 146 cm³/mol. The first kappa shape index (κ1) is 27.7. The van der Waals surface area contributed by atoms with E-state index in [-0.39, 0.29) is 25.5 Å². The van der Waals surface area contributed by atoms with Crippen LogP contribution in [0.25, 0.3) is 5.00 Å². The quantitative estimate of drug-likeness (QED) is 0.276. The minimum absolute atomic E-state index is 0.0330. The molecule has 0 fully saturated rings. The van der Waals surface area contributed by atoms with Crippen molar-refractivity contribution in [3.05, 3.63) is 62.5 Å². The van der Waals surface area contributed by atoms with Gasteiger partial charge in [-0.3, -0.25) is 18.8 Å². The number of hydrogen-bond donors (Lipinski definition) is 1. The first-order valence-corrected chi connectivity index (χ1v) is 13.5. The SMILES string of the molecule is Cc1sc2c(c1C)C(c1ccc(Cl)cc1)=N[C@@H](CC(=O)N(Cl)CCOCCOCCN)c1nnc(C)n1-2. The summed E-state index contributed by atoms with van der Waals surface area (Å²) in [6.45, 7) is 8.39. The maximum atomic E-state index is 13.1. The van der Waals surface area contributed by atoms with Crippen LogP contribution in [-0.2, 0) is 14.3 Å². The van der Waals surface area contributed by atoms with E-state index < -0.39 is 6.04 Å². The molecular formula is C25H30Cl2N6O3S. The molecule has 0 radical (unpaired) electrons. The molecule has 2 aromatic heterocycles. The third-order valence-corrected chi connectivity index (χ3v) is 7.86. The van der Waals surface area contributed by atoms with Gasteiger partial charge < -0.3 is 15.2 Å². The molecule has 1 aliphatic rings. The van der Waals surface area contributed by atoms with Crippen LogP contribution in [0.3, 0.4) is 0 Å². The predicted octanol–water partition coefficient (Wildman–Crippen LogP) is 4.16. The van der Waals surface area contributed by atoms with Crippen molar-refractivity contribution < 1.29 is 14.3 Å². The van der Waals surface area contributed by atoms with Crippen molar-refractivity contribution in [2.75, 3.05) is 39.5 Å². The molecule has 0 saturated carbocycles. The number of nitrogens with two attached hydrogens (primary N) is 1. The second kappa shape index (κ2) is 12.5. The number of carbonyl (C=O) groups is 1. The van der Waals surface area contributed by atoms with E-state index in [4.69, 9.17) is 43.6 Å². The molecular weight excluding hydrogens is 535 g/mol. The number of thiophene rings is 1. The topological polar surface area (TPSA) is 108 Å². The maximum absolute atomic E-state index is 13.1. The molecule has 1 atom stereocenters. The minimum Gasteiger partial charge on any atom is -0.378 e. The van der Waals surface area contributed by atoms with Crippen LogP contribution in [0.5, 0.6) is 0 Å². The van der Waals surface area contributed by atoms with Crippen LogP contribution in [-0.4, -0.2) is 70.3 Å². The van der Waals surface area contributed by atoms with Crippen molar-refractivity contribution in [3.63, 3.8) is 0 Å². The highest BCUT2D eigenvalue weighted by molar-refractivity contribution is 7.15. The van der Waals surface area contributed by atoms with Crippen molar-refractivity contribution in [1.29, 1.82) is 0 Å². The number of benzene rings is 1. The number of ether oxygens (including phenoxy) is 2. The van der Waals surface area contributed by atoms with Crippen LogP contribution in [0, 0.1) is 20.8 Å². The van der Waals surface area contributed by atoms with Crippen LogP contribution in [0.2, 0.25) is 5.02 Å². The smallest absolute Gasteiger partial charge is 0.239 e. The highest BCUT2D eigenvalue weighted by Gasteiger charge is 2.33. The van der Waals surface area contributed by atoms with E-state index in [1.54, 1.807) is 11.3 Å². The van der Waals surface area contributed by atoms with Crippen LogP contribution < -0.4 is 5.73 Å². The molecule has 37 heavy (non-hydrogen) atoms. The number of nitrogens with zero attached hydrogens (tertiary/aromatic N) is 5. The zero-order valence-electron chi connectivity index (χ0n) is 21.0. The van der Waals surface area contributed by atoms with Crippen molar-refractivity contribution in [3.8, 4) is 5.00 Å². The maximum Gasteiger partial charge on any atom is 0.239 e. The van der Waals surface area contributed by atoms with Crippen LogP contribution in [0.1, 0.15) is 45.7 Å². The molecule has 1 amide bonds. The number of fused-ring (bicyclic) bond motifs is 3. The highest BCUT2D eigenvalue weighted by atomic mass is 35.5. The Morgan fingerprint density at radius 3 is 2.51 bits per heavy atom. The Bertz CT molecular complexity index is 1270. The van der Waals surface area contributed by atoms with E-state index in [1.165, 1.54) is 4.88 Å². The number of hydrogen-bond acceptors (Lipinski definition) is 8. The standard InChI is InChI=1S/C25H30Cl2N6O3S/c1-15-16(2)37-25-22(15)23(18-4-6-19(26)7-5-18)29-20(24-31-30-17(3)33(24)25)14-21(34)32(27)9-11-36-13-12-35-10-8-28/h4-7,20H,8-14,28H2,1-3H3/t20-/m0/s1.